The number of hydrogen-bond donors (Lipinski definition) is 0. The molecule has 8 rings (SSSR count). The lowest BCUT2D eigenvalue weighted by Crippen LogP contribution is -1.96. The van der Waals surface area contributed by atoms with Crippen LogP contribution in [0.2, 0.25) is 0 Å². The van der Waals surface area contributed by atoms with Gasteiger partial charge in [0.05, 0.1) is 11.0 Å². The fourth-order valence-electron chi connectivity index (χ4n) is 5.62. The Bertz CT molecular complexity index is 2020. The smallest absolute Gasteiger partial charge is 0.178 e. The molecule has 3 heterocycles. The normalized spacial score (nSPS) is 11.8. The van der Waals surface area contributed by atoms with Gasteiger partial charge in [-0.3, -0.25) is 8.97 Å². The summed E-state index contributed by atoms with van der Waals surface area (Å²) in [5, 5.41) is 2.27. The van der Waals surface area contributed by atoms with E-state index in [2.05, 4.69) is 130 Å². The monoisotopic (exact) mass is 474 g/mol. The maximum absolute atomic E-state index is 6.49. The molecule has 0 unspecified atom stereocenters. The third kappa shape index (κ3) is 3.01. The quantitative estimate of drug-likeness (QED) is 0.250. The molecule has 0 saturated heterocycles. The lowest BCUT2D eigenvalue weighted by atomic mass is 9.98. The van der Waals surface area contributed by atoms with Crippen LogP contribution in [-0.4, -0.2) is 8.97 Å². The maximum Gasteiger partial charge on any atom is 0.178 e. The minimum Gasteiger partial charge on any atom is -0.452 e. The van der Waals surface area contributed by atoms with Gasteiger partial charge in [0.2, 0.25) is 0 Å². The Kier molecular flexibility index (Phi) is 4.23. The van der Waals surface area contributed by atoms with Crippen molar-refractivity contribution in [2.45, 2.75) is 0 Å². The minimum absolute atomic E-state index is 0.906. The van der Waals surface area contributed by atoms with Crippen LogP contribution in [0.1, 0.15) is 0 Å². The molecule has 3 heteroatoms. The van der Waals surface area contributed by atoms with Crippen molar-refractivity contribution in [1.82, 2.24) is 8.97 Å². The summed E-state index contributed by atoms with van der Waals surface area (Å²) in [4.78, 5) is 0. The first-order valence-corrected chi connectivity index (χ1v) is 12.5. The van der Waals surface area contributed by atoms with Crippen LogP contribution in [0.25, 0.3) is 66.6 Å². The molecule has 0 radical (unpaired) electrons. The van der Waals surface area contributed by atoms with E-state index in [0.29, 0.717) is 0 Å². The van der Waals surface area contributed by atoms with Crippen LogP contribution in [0, 0.1) is 0 Å². The molecule has 0 spiro atoms. The highest BCUT2D eigenvalue weighted by Crippen LogP contribution is 2.39. The van der Waals surface area contributed by atoms with Crippen molar-refractivity contribution in [3.63, 3.8) is 0 Å². The van der Waals surface area contributed by atoms with Gasteiger partial charge in [0.15, 0.2) is 11.2 Å². The lowest BCUT2D eigenvalue weighted by Gasteiger charge is -2.13. The van der Waals surface area contributed by atoms with Crippen molar-refractivity contribution in [1.29, 1.82) is 0 Å². The van der Waals surface area contributed by atoms with E-state index in [4.69, 9.17) is 4.42 Å². The highest BCUT2D eigenvalue weighted by Gasteiger charge is 2.21. The van der Waals surface area contributed by atoms with Gasteiger partial charge in [-0.1, -0.05) is 91.0 Å². The number of hydrogen-bond acceptors (Lipinski definition) is 1. The van der Waals surface area contributed by atoms with Gasteiger partial charge in [0, 0.05) is 22.7 Å². The van der Waals surface area contributed by atoms with Crippen molar-refractivity contribution >= 4 is 38.6 Å². The van der Waals surface area contributed by atoms with Gasteiger partial charge in [-0.15, -0.1) is 0 Å². The molecule has 0 amide bonds. The number of imidazole rings is 1. The van der Waals surface area contributed by atoms with Crippen molar-refractivity contribution in [3.8, 4) is 27.9 Å². The van der Waals surface area contributed by atoms with Gasteiger partial charge in [0.25, 0.3) is 0 Å². The Morgan fingerprint density at radius 2 is 1.08 bits per heavy atom. The van der Waals surface area contributed by atoms with Crippen molar-refractivity contribution in [2.75, 3.05) is 0 Å². The minimum atomic E-state index is 0.906. The first-order valence-electron chi connectivity index (χ1n) is 12.5. The Labute approximate surface area is 213 Å². The van der Waals surface area contributed by atoms with E-state index in [1.165, 1.54) is 22.3 Å². The summed E-state index contributed by atoms with van der Waals surface area (Å²) in [5.74, 6) is 0. The predicted molar refractivity (Wildman–Crippen MR) is 152 cm³/mol. The fourth-order valence-corrected chi connectivity index (χ4v) is 5.62. The molecule has 0 bridgehead atoms. The molecule has 174 valence electrons. The molecule has 0 N–H and O–H groups in total. The van der Waals surface area contributed by atoms with Crippen LogP contribution in [0.5, 0.6) is 0 Å². The molecule has 0 aliphatic heterocycles. The second kappa shape index (κ2) is 7.74. The van der Waals surface area contributed by atoms with E-state index in [9.17, 15) is 0 Å². The zero-order chi connectivity index (χ0) is 24.3. The molecule has 5 aromatic carbocycles. The van der Waals surface area contributed by atoms with Crippen molar-refractivity contribution in [3.05, 3.63) is 134 Å². The van der Waals surface area contributed by atoms with Gasteiger partial charge < -0.3 is 4.42 Å². The molecule has 0 aliphatic rings. The standard InChI is InChI=1S/C34H22N2O/c1-3-11-23(12-4-1)25-19-26(24-13-5-2-6-14-24)21-27(20-25)36-31-17-9-8-16-30(31)35-22-29-28-15-7-10-18-32(28)37-33(29)34(35)36/h1-22H. The fraction of sp³-hybridized carbons (Fsp3) is 0. The number of furan rings is 1. The van der Waals surface area contributed by atoms with Gasteiger partial charge in [0.1, 0.15) is 5.58 Å². The summed E-state index contributed by atoms with van der Waals surface area (Å²) in [6.07, 6.45) is 2.22. The molecule has 8 aromatic rings. The van der Waals surface area contributed by atoms with E-state index in [1.54, 1.807) is 0 Å². The zero-order valence-electron chi connectivity index (χ0n) is 20.0. The van der Waals surface area contributed by atoms with Crippen molar-refractivity contribution < 1.29 is 4.42 Å². The topological polar surface area (TPSA) is 22.5 Å². The molecular weight excluding hydrogens is 452 g/mol. The average Bonchev–Trinajstić information content (AvgIpc) is 3.61. The highest BCUT2D eigenvalue weighted by molar-refractivity contribution is 6.12. The molecule has 0 atom stereocenters. The van der Waals surface area contributed by atoms with Crippen LogP contribution in [0.15, 0.2) is 138 Å². The SMILES string of the molecule is c1ccc(-c2cc(-c3ccccc3)cc(-n3c4ccccc4n4cc5c6ccccc6oc5c34)c2)cc1. The molecule has 0 saturated carbocycles. The third-order valence-electron chi connectivity index (χ3n) is 7.31. The van der Waals surface area contributed by atoms with Gasteiger partial charge in [-0.05, 0) is 58.7 Å². The van der Waals surface area contributed by atoms with Crippen LogP contribution in [-0.2, 0) is 0 Å². The number of fused-ring (bicyclic) bond motifs is 7. The van der Waals surface area contributed by atoms with Crippen LogP contribution in [0.4, 0.5) is 0 Å². The average molecular weight is 475 g/mol. The third-order valence-corrected chi connectivity index (χ3v) is 7.31. The summed E-state index contributed by atoms with van der Waals surface area (Å²) in [6, 6.07) is 44.9. The molecule has 3 nitrogen and oxygen atoms in total. The van der Waals surface area contributed by atoms with Crippen LogP contribution < -0.4 is 0 Å². The van der Waals surface area contributed by atoms with Gasteiger partial charge >= 0.3 is 0 Å². The number of aromatic nitrogens is 2. The van der Waals surface area contributed by atoms with Gasteiger partial charge in [-0.25, -0.2) is 0 Å². The predicted octanol–water partition coefficient (Wildman–Crippen LogP) is 9.12. The number of rotatable bonds is 3. The molecule has 37 heavy (non-hydrogen) atoms. The first kappa shape index (κ1) is 20.2. The van der Waals surface area contributed by atoms with Crippen LogP contribution in [0.3, 0.4) is 0 Å². The Morgan fingerprint density at radius 3 is 1.78 bits per heavy atom. The Hall–Kier alpha value is -5.02. The number of nitrogens with zero attached hydrogens (tertiary/aromatic N) is 2. The summed E-state index contributed by atoms with van der Waals surface area (Å²) < 4.78 is 11.1. The van der Waals surface area contributed by atoms with Crippen molar-refractivity contribution in [2.24, 2.45) is 0 Å². The molecule has 0 aliphatic carbocycles. The van der Waals surface area contributed by atoms with E-state index < -0.39 is 0 Å². The van der Waals surface area contributed by atoms with E-state index in [1.807, 2.05) is 12.1 Å². The maximum atomic E-state index is 6.49. The molecule has 3 aromatic heterocycles. The second-order valence-corrected chi connectivity index (χ2v) is 9.49. The molecule has 0 fully saturated rings. The summed E-state index contributed by atoms with van der Waals surface area (Å²) in [5.41, 5.74) is 11.0. The molecular formula is C34H22N2O. The van der Waals surface area contributed by atoms with E-state index >= 15 is 0 Å². The van der Waals surface area contributed by atoms with Gasteiger partial charge in [-0.2, -0.15) is 0 Å². The second-order valence-electron chi connectivity index (χ2n) is 9.49. The zero-order valence-corrected chi connectivity index (χ0v) is 20.0. The highest BCUT2D eigenvalue weighted by atomic mass is 16.3. The summed E-state index contributed by atoms with van der Waals surface area (Å²) >= 11 is 0. The number of para-hydroxylation sites is 3. The Balaban J connectivity index is 1.51. The Morgan fingerprint density at radius 1 is 0.486 bits per heavy atom. The lowest BCUT2D eigenvalue weighted by molar-refractivity contribution is 0.670. The van der Waals surface area contributed by atoms with Crippen LogP contribution >= 0.6 is 0 Å². The summed E-state index contributed by atoms with van der Waals surface area (Å²) in [7, 11) is 0. The number of benzene rings is 5. The largest absolute Gasteiger partial charge is 0.452 e. The van der Waals surface area contributed by atoms with E-state index in [0.717, 1.165) is 44.3 Å². The van der Waals surface area contributed by atoms with E-state index in [-0.39, 0.29) is 0 Å². The summed E-state index contributed by atoms with van der Waals surface area (Å²) in [6.45, 7) is 0. The first-order chi connectivity index (χ1) is 18.3.